The van der Waals surface area contributed by atoms with Crippen LogP contribution in [-0.2, 0) is 9.59 Å². The number of aliphatic carboxylic acids is 1. The molecule has 3 atom stereocenters. The van der Waals surface area contributed by atoms with Crippen LogP contribution in [-0.4, -0.2) is 40.6 Å². The highest BCUT2D eigenvalue weighted by molar-refractivity contribution is 5.82. The van der Waals surface area contributed by atoms with E-state index in [1.54, 1.807) is 0 Å². The van der Waals surface area contributed by atoms with Gasteiger partial charge in [0, 0.05) is 12.6 Å². The number of carbonyl (C=O) groups is 2. The zero-order valence-electron chi connectivity index (χ0n) is 8.91. The molecule has 1 saturated carbocycles. The van der Waals surface area contributed by atoms with E-state index in [9.17, 15) is 22.8 Å². The van der Waals surface area contributed by atoms with Crippen LogP contribution in [0.25, 0.3) is 0 Å². The van der Waals surface area contributed by atoms with Crippen molar-refractivity contribution < 1.29 is 27.9 Å². The second-order valence-corrected chi connectivity index (χ2v) is 4.72. The van der Waals surface area contributed by atoms with Crippen molar-refractivity contribution in [2.75, 3.05) is 6.54 Å². The highest BCUT2D eigenvalue weighted by atomic mass is 19.4. The molecule has 17 heavy (non-hydrogen) atoms. The third-order valence-corrected chi connectivity index (χ3v) is 3.53. The molecule has 0 unspecified atom stereocenters. The second kappa shape index (κ2) is 3.89. The number of carboxylic acid groups (broad SMARTS) is 1. The van der Waals surface area contributed by atoms with Crippen LogP contribution < -0.4 is 0 Å². The molecule has 2 rings (SSSR count). The molecule has 0 aromatic rings. The Bertz CT molecular complexity index is 355. The van der Waals surface area contributed by atoms with Gasteiger partial charge in [0.15, 0.2) is 0 Å². The summed E-state index contributed by atoms with van der Waals surface area (Å²) in [5, 5.41) is 8.86. The van der Waals surface area contributed by atoms with Crippen molar-refractivity contribution in [1.82, 2.24) is 4.90 Å². The van der Waals surface area contributed by atoms with Crippen molar-refractivity contribution in [2.45, 2.75) is 31.5 Å². The average Bonchev–Trinajstić information content (AvgIpc) is 2.50. The molecule has 1 N–H and O–H groups in total. The molecule has 1 aliphatic carbocycles. The lowest BCUT2D eigenvalue weighted by atomic mass is 9.82. The molecule has 0 spiro atoms. The number of amides is 1. The van der Waals surface area contributed by atoms with E-state index in [4.69, 9.17) is 5.11 Å². The molecule has 96 valence electrons. The first-order valence-electron chi connectivity index (χ1n) is 5.39. The van der Waals surface area contributed by atoms with Gasteiger partial charge < -0.3 is 10.0 Å². The van der Waals surface area contributed by atoms with Crippen molar-refractivity contribution in [3.05, 3.63) is 0 Å². The lowest BCUT2D eigenvalue weighted by molar-refractivity contribution is -0.186. The molecule has 0 aromatic carbocycles. The van der Waals surface area contributed by atoms with Gasteiger partial charge in [-0.1, -0.05) is 0 Å². The normalized spacial score (nSPS) is 32.6. The summed E-state index contributed by atoms with van der Waals surface area (Å²) in [7, 11) is 0. The van der Waals surface area contributed by atoms with Gasteiger partial charge in [-0.05, 0) is 25.2 Å². The molecule has 1 aliphatic heterocycles. The van der Waals surface area contributed by atoms with Crippen LogP contribution in [0.15, 0.2) is 0 Å². The Morgan fingerprint density at radius 2 is 1.82 bits per heavy atom. The Kier molecular flexibility index (Phi) is 2.79. The topological polar surface area (TPSA) is 57.6 Å². The van der Waals surface area contributed by atoms with Gasteiger partial charge >= 0.3 is 18.1 Å². The van der Waals surface area contributed by atoms with Crippen molar-refractivity contribution in [2.24, 2.45) is 11.8 Å². The minimum absolute atomic E-state index is 0.0345. The van der Waals surface area contributed by atoms with Crippen LogP contribution in [0.3, 0.4) is 0 Å². The summed E-state index contributed by atoms with van der Waals surface area (Å²) < 4.78 is 36.9. The first-order valence-corrected chi connectivity index (χ1v) is 5.39. The third-order valence-electron chi connectivity index (χ3n) is 3.53. The van der Waals surface area contributed by atoms with Gasteiger partial charge in [-0.2, -0.15) is 13.2 Å². The zero-order chi connectivity index (χ0) is 12.8. The van der Waals surface area contributed by atoms with Crippen LogP contribution in [0.4, 0.5) is 13.2 Å². The molecule has 0 radical (unpaired) electrons. The highest BCUT2D eigenvalue weighted by Crippen LogP contribution is 2.40. The van der Waals surface area contributed by atoms with Crippen LogP contribution in [0.2, 0.25) is 0 Å². The maximum atomic E-state index is 12.3. The van der Waals surface area contributed by atoms with Gasteiger partial charge in [0.1, 0.15) is 0 Å². The first-order chi connectivity index (χ1) is 7.79. The van der Waals surface area contributed by atoms with Crippen LogP contribution in [0.5, 0.6) is 0 Å². The maximum Gasteiger partial charge on any atom is 0.471 e. The quantitative estimate of drug-likeness (QED) is 0.763. The Morgan fingerprint density at radius 3 is 2.35 bits per heavy atom. The number of carboxylic acids is 1. The van der Waals surface area contributed by atoms with E-state index < -0.39 is 30.0 Å². The fraction of sp³-hybridized carbons (Fsp3) is 0.800. The van der Waals surface area contributed by atoms with Gasteiger partial charge in [0.25, 0.3) is 0 Å². The van der Waals surface area contributed by atoms with E-state index >= 15 is 0 Å². The Hall–Kier alpha value is -1.27. The average molecular weight is 251 g/mol. The molecule has 2 bridgehead atoms. The standard InChI is InChI=1S/C10H12F3NO3/c11-10(12,13)9(17)14-4-5-1-6(8(15)16)3-7(14)2-5/h5-7H,1-4H2,(H,15,16)/t5-,6-,7-/m0/s1. The predicted molar refractivity (Wildman–Crippen MR) is 50.0 cm³/mol. The molecule has 1 amide bonds. The lowest BCUT2D eigenvalue weighted by Gasteiger charge is -2.27. The van der Waals surface area contributed by atoms with E-state index in [-0.39, 0.29) is 18.9 Å². The molecule has 7 heteroatoms. The molecular formula is C10H12F3NO3. The third kappa shape index (κ3) is 2.23. The number of likely N-dealkylation sites (tertiary alicyclic amines) is 1. The van der Waals surface area contributed by atoms with Gasteiger partial charge in [0.05, 0.1) is 5.92 Å². The molecule has 1 heterocycles. The van der Waals surface area contributed by atoms with E-state index in [2.05, 4.69) is 0 Å². The van der Waals surface area contributed by atoms with Crippen LogP contribution in [0.1, 0.15) is 19.3 Å². The molecule has 0 aromatic heterocycles. The smallest absolute Gasteiger partial charge is 0.471 e. The summed E-state index contributed by atoms with van der Waals surface area (Å²) in [6, 6.07) is -0.566. The summed E-state index contributed by atoms with van der Waals surface area (Å²) >= 11 is 0. The fourth-order valence-electron chi connectivity index (χ4n) is 2.85. The van der Waals surface area contributed by atoms with Crippen LogP contribution in [0, 0.1) is 11.8 Å². The van der Waals surface area contributed by atoms with E-state index in [1.165, 1.54) is 0 Å². The summed E-state index contributed by atoms with van der Waals surface area (Å²) in [6.45, 7) is 0.0345. The molecule has 2 aliphatic rings. The number of alkyl halides is 3. The first kappa shape index (κ1) is 12.2. The van der Waals surface area contributed by atoms with E-state index in [0.29, 0.717) is 12.8 Å². The van der Waals surface area contributed by atoms with E-state index in [0.717, 1.165) is 4.90 Å². The molecule has 4 nitrogen and oxygen atoms in total. The van der Waals surface area contributed by atoms with Crippen molar-refractivity contribution >= 4 is 11.9 Å². The number of rotatable bonds is 1. The molecule has 2 fully saturated rings. The number of carbonyl (C=O) groups excluding carboxylic acids is 1. The SMILES string of the molecule is O=C(O)[C@H]1C[C@H]2C[C@@H](C1)N(C(=O)C(F)(F)F)C2. The number of fused-ring (bicyclic) bond motifs is 2. The second-order valence-electron chi connectivity index (χ2n) is 4.72. The minimum Gasteiger partial charge on any atom is -0.481 e. The van der Waals surface area contributed by atoms with Crippen molar-refractivity contribution in [1.29, 1.82) is 0 Å². The number of hydrogen-bond donors (Lipinski definition) is 1. The van der Waals surface area contributed by atoms with Gasteiger partial charge in [-0.15, -0.1) is 0 Å². The molecular weight excluding hydrogens is 239 g/mol. The Labute approximate surface area is 95.4 Å². The minimum atomic E-state index is -4.86. The summed E-state index contributed by atoms with van der Waals surface area (Å²) in [4.78, 5) is 22.8. The maximum absolute atomic E-state index is 12.3. The summed E-state index contributed by atoms with van der Waals surface area (Å²) in [5.41, 5.74) is 0. The highest BCUT2D eigenvalue weighted by Gasteiger charge is 2.50. The van der Waals surface area contributed by atoms with Crippen molar-refractivity contribution in [3.63, 3.8) is 0 Å². The zero-order valence-corrected chi connectivity index (χ0v) is 8.91. The molecule has 1 saturated heterocycles. The largest absolute Gasteiger partial charge is 0.481 e. The summed E-state index contributed by atoms with van der Waals surface area (Å²) in [6.07, 6.45) is -3.87. The Balaban J connectivity index is 2.10. The van der Waals surface area contributed by atoms with Gasteiger partial charge in [-0.25, -0.2) is 0 Å². The van der Waals surface area contributed by atoms with Crippen molar-refractivity contribution in [3.8, 4) is 0 Å². The van der Waals surface area contributed by atoms with Gasteiger partial charge in [-0.3, -0.25) is 9.59 Å². The monoisotopic (exact) mass is 251 g/mol. The fourth-order valence-corrected chi connectivity index (χ4v) is 2.85. The predicted octanol–water partition coefficient (Wildman–Crippen LogP) is 1.26. The van der Waals surface area contributed by atoms with E-state index in [1.807, 2.05) is 0 Å². The Morgan fingerprint density at radius 1 is 1.18 bits per heavy atom. The number of hydrogen-bond acceptors (Lipinski definition) is 2. The van der Waals surface area contributed by atoms with Crippen LogP contribution >= 0.6 is 0 Å². The number of halogens is 3. The number of nitrogens with zero attached hydrogens (tertiary/aromatic N) is 1. The lowest BCUT2D eigenvalue weighted by Crippen LogP contribution is -2.44. The van der Waals surface area contributed by atoms with Gasteiger partial charge in [0.2, 0.25) is 0 Å². The summed E-state index contributed by atoms with van der Waals surface area (Å²) in [5.74, 6) is -3.55.